The highest BCUT2D eigenvalue weighted by Gasteiger charge is 2.33. The number of nitrogens with zero attached hydrogens (tertiary/aromatic N) is 2. The maximum Gasteiger partial charge on any atom is 0.416 e. The zero-order valence-electron chi connectivity index (χ0n) is 18.5. The van der Waals surface area contributed by atoms with Gasteiger partial charge in [-0.15, -0.1) is 0 Å². The van der Waals surface area contributed by atoms with Crippen molar-refractivity contribution in [3.05, 3.63) is 48.0 Å². The van der Waals surface area contributed by atoms with E-state index in [1.807, 2.05) is 29.2 Å². The van der Waals surface area contributed by atoms with E-state index in [1.165, 1.54) is 23.9 Å². The van der Waals surface area contributed by atoms with Gasteiger partial charge in [0.2, 0.25) is 0 Å². The Kier molecular flexibility index (Phi) is 8.19. The smallest absolute Gasteiger partial charge is 0.394 e. The van der Waals surface area contributed by atoms with Crippen molar-refractivity contribution in [1.29, 1.82) is 0 Å². The molecule has 0 amide bonds. The number of aliphatic hydroxyl groups is 1. The van der Waals surface area contributed by atoms with Gasteiger partial charge in [-0.3, -0.25) is 0 Å². The highest BCUT2D eigenvalue weighted by Crippen LogP contribution is 2.49. The summed E-state index contributed by atoms with van der Waals surface area (Å²) in [6, 6.07) is 12.3. The molecule has 0 radical (unpaired) electrons. The summed E-state index contributed by atoms with van der Waals surface area (Å²) in [4.78, 5) is 6.37. The molecule has 0 saturated carbocycles. The Morgan fingerprint density at radius 1 is 1.06 bits per heavy atom. The molecule has 4 rings (SSSR count). The van der Waals surface area contributed by atoms with E-state index in [4.69, 9.17) is 9.84 Å². The highest BCUT2D eigenvalue weighted by molar-refractivity contribution is 7.99. The van der Waals surface area contributed by atoms with Crippen LogP contribution in [0.25, 0.3) is 0 Å². The van der Waals surface area contributed by atoms with Crippen LogP contribution in [0.2, 0.25) is 0 Å². The molecule has 1 saturated heterocycles. The predicted molar refractivity (Wildman–Crippen MR) is 124 cm³/mol. The summed E-state index contributed by atoms with van der Waals surface area (Å²) in [5.74, 6) is 0. The van der Waals surface area contributed by atoms with E-state index < -0.39 is 11.7 Å². The van der Waals surface area contributed by atoms with Crippen molar-refractivity contribution in [1.82, 2.24) is 10.2 Å². The van der Waals surface area contributed by atoms with E-state index in [2.05, 4.69) is 10.2 Å². The summed E-state index contributed by atoms with van der Waals surface area (Å²) in [6.45, 7) is 5.34. The Labute approximate surface area is 196 Å². The summed E-state index contributed by atoms with van der Waals surface area (Å²) in [5.41, 5.74) is 0.987. The molecular weight excluding hydrogens is 451 g/mol. The summed E-state index contributed by atoms with van der Waals surface area (Å²) < 4.78 is 45.5. The van der Waals surface area contributed by atoms with E-state index in [9.17, 15) is 13.2 Å². The topological polar surface area (TPSA) is 48.0 Å². The van der Waals surface area contributed by atoms with Crippen molar-refractivity contribution >= 4 is 23.1 Å². The van der Waals surface area contributed by atoms with Gasteiger partial charge in [-0.25, -0.2) is 0 Å². The van der Waals surface area contributed by atoms with Gasteiger partial charge in [0.05, 0.1) is 30.2 Å². The Morgan fingerprint density at radius 2 is 1.88 bits per heavy atom. The van der Waals surface area contributed by atoms with Crippen molar-refractivity contribution < 1.29 is 23.0 Å². The average molecular weight is 482 g/mol. The maximum absolute atomic E-state index is 13.4. The van der Waals surface area contributed by atoms with Crippen LogP contribution in [-0.2, 0) is 10.9 Å². The van der Waals surface area contributed by atoms with E-state index in [1.54, 1.807) is 6.07 Å². The first-order valence-corrected chi connectivity index (χ1v) is 12.2. The minimum absolute atomic E-state index is 0.0376. The molecule has 1 atom stereocenters. The van der Waals surface area contributed by atoms with Crippen molar-refractivity contribution in [2.45, 2.75) is 34.9 Å². The zero-order chi connectivity index (χ0) is 23.3. The van der Waals surface area contributed by atoms with Crippen LogP contribution in [0.4, 0.5) is 24.5 Å². The van der Waals surface area contributed by atoms with Gasteiger partial charge in [-0.2, -0.15) is 13.2 Å². The van der Waals surface area contributed by atoms with Gasteiger partial charge < -0.3 is 25.0 Å². The van der Waals surface area contributed by atoms with Gasteiger partial charge in [0, 0.05) is 48.6 Å². The largest absolute Gasteiger partial charge is 0.416 e. The molecule has 5 nitrogen and oxygen atoms in total. The average Bonchev–Trinajstić information content (AvgIpc) is 2.81. The molecule has 9 heteroatoms. The molecule has 0 bridgehead atoms. The predicted octanol–water partition coefficient (Wildman–Crippen LogP) is 4.37. The molecular formula is C24H30F3N3O2S. The first-order valence-electron chi connectivity index (χ1n) is 11.4. The highest BCUT2D eigenvalue weighted by atomic mass is 32.2. The molecule has 0 aliphatic carbocycles. The van der Waals surface area contributed by atoms with Gasteiger partial charge in [0.15, 0.2) is 0 Å². The van der Waals surface area contributed by atoms with Crippen LogP contribution in [0, 0.1) is 0 Å². The van der Waals surface area contributed by atoms with E-state index in [-0.39, 0.29) is 6.61 Å². The summed E-state index contributed by atoms with van der Waals surface area (Å²) >= 11 is 1.52. The Bertz CT molecular complexity index is 928. The number of ether oxygens (including phenoxy) is 1. The number of fused-ring (bicyclic) bond motifs is 2. The second-order valence-corrected chi connectivity index (χ2v) is 9.42. The maximum atomic E-state index is 13.4. The third-order valence-electron chi connectivity index (χ3n) is 5.99. The summed E-state index contributed by atoms with van der Waals surface area (Å²) in [7, 11) is 0. The molecule has 2 aliphatic rings. The normalized spacial score (nSPS) is 18.8. The fourth-order valence-corrected chi connectivity index (χ4v) is 5.46. The number of piperazine rings is 1. The van der Waals surface area contributed by atoms with E-state index >= 15 is 0 Å². The van der Waals surface area contributed by atoms with Crippen molar-refractivity contribution in [3.8, 4) is 0 Å². The Balaban J connectivity index is 1.40. The first kappa shape index (κ1) is 24.3. The lowest BCUT2D eigenvalue weighted by molar-refractivity contribution is -0.137. The molecule has 0 aromatic heterocycles. The van der Waals surface area contributed by atoms with Crippen LogP contribution >= 0.6 is 11.8 Å². The van der Waals surface area contributed by atoms with Gasteiger partial charge in [0.1, 0.15) is 0 Å². The number of hydrogen-bond acceptors (Lipinski definition) is 6. The quantitative estimate of drug-likeness (QED) is 0.519. The van der Waals surface area contributed by atoms with Gasteiger partial charge >= 0.3 is 6.18 Å². The number of anilines is 2. The number of para-hydroxylation sites is 1. The van der Waals surface area contributed by atoms with Crippen molar-refractivity contribution in [3.63, 3.8) is 0 Å². The van der Waals surface area contributed by atoms with Crippen molar-refractivity contribution in [2.75, 3.05) is 57.4 Å². The van der Waals surface area contributed by atoms with Gasteiger partial charge in [-0.1, -0.05) is 23.9 Å². The zero-order valence-corrected chi connectivity index (χ0v) is 19.3. The SMILES string of the molecule is OCCOCCC1CN(CCCN2c3ccccc3Sc3ccc(C(F)(F)F)cc32)CCN1. The number of alkyl halides is 3. The number of halogens is 3. The lowest BCUT2D eigenvalue weighted by atomic mass is 10.1. The molecule has 1 fully saturated rings. The van der Waals surface area contributed by atoms with Crippen LogP contribution < -0.4 is 10.2 Å². The van der Waals surface area contributed by atoms with Gasteiger partial charge in [0.25, 0.3) is 0 Å². The molecule has 2 N–H and O–H groups in total. The number of hydrogen-bond donors (Lipinski definition) is 2. The first-order chi connectivity index (χ1) is 16.0. The third-order valence-corrected chi connectivity index (χ3v) is 7.13. The lowest BCUT2D eigenvalue weighted by Crippen LogP contribution is -2.51. The molecule has 180 valence electrons. The van der Waals surface area contributed by atoms with Crippen LogP contribution in [0.15, 0.2) is 52.3 Å². The summed E-state index contributed by atoms with van der Waals surface area (Å²) in [6.07, 6.45) is -2.62. The molecule has 1 unspecified atom stereocenters. The molecule has 2 aromatic rings. The number of nitrogens with one attached hydrogen (secondary N) is 1. The van der Waals surface area contributed by atoms with Crippen molar-refractivity contribution in [2.24, 2.45) is 0 Å². The minimum Gasteiger partial charge on any atom is -0.394 e. The van der Waals surface area contributed by atoms with Crippen LogP contribution in [0.3, 0.4) is 0 Å². The van der Waals surface area contributed by atoms with E-state index in [0.29, 0.717) is 31.5 Å². The van der Waals surface area contributed by atoms with Gasteiger partial charge in [-0.05, 0) is 49.7 Å². The number of aliphatic hydroxyl groups excluding tert-OH is 1. The standard InChI is InChI=1S/C24H30F3N3O2S/c25-24(26,27)18-6-7-23-21(16-18)30(20-4-1-2-5-22(20)33-23)11-3-10-29-12-9-28-19(17-29)8-14-32-15-13-31/h1-2,4-7,16,19,28,31H,3,8-15,17H2. The lowest BCUT2D eigenvalue weighted by Gasteiger charge is -2.36. The molecule has 33 heavy (non-hydrogen) atoms. The molecule has 2 aromatic carbocycles. The fourth-order valence-electron chi connectivity index (χ4n) is 4.38. The second-order valence-electron chi connectivity index (χ2n) is 8.33. The number of benzene rings is 2. The number of rotatable bonds is 9. The fraction of sp³-hybridized carbons (Fsp3) is 0.500. The molecule has 2 heterocycles. The summed E-state index contributed by atoms with van der Waals surface area (Å²) in [5, 5.41) is 12.3. The minimum atomic E-state index is -4.36. The second kappa shape index (κ2) is 11.1. The monoisotopic (exact) mass is 481 g/mol. The van der Waals surface area contributed by atoms with Crippen LogP contribution in [0.1, 0.15) is 18.4 Å². The Hall–Kier alpha value is -1.78. The molecule has 0 spiro atoms. The van der Waals surface area contributed by atoms with Crippen LogP contribution in [-0.4, -0.2) is 68.6 Å². The Morgan fingerprint density at radius 3 is 2.70 bits per heavy atom. The third kappa shape index (κ3) is 6.22. The van der Waals surface area contributed by atoms with Crippen LogP contribution in [0.5, 0.6) is 0 Å². The molecule has 2 aliphatic heterocycles. The van der Waals surface area contributed by atoms with E-state index in [0.717, 1.165) is 54.5 Å².